The van der Waals surface area contributed by atoms with Gasteiger partial charge >= 0.3 is 0 Å². The molecule has 0 aromatic carbocycles. The number of furan rings is 1. The van der Waals surface area contributed by atoms with E-state index in [-0.39, 0.29) is 11.7 Å². The molecule has 0 fully saturated rings. The molecule has 6 nitrogen and oxygen atoms in total. The average Bonchev–Trinajstić information content (AvgIpc) is 2.67. The van der Waals surface area contributed by atoms with Crippen LogP contribution < -0.4 is 11.1 Å². The maximum atomic E-state index is 12.1. The molecule has 4 N–H and O–H groups in total. The van der Waals surface area contributed by atoms with Crippen molar-refractivity contribution in [3.8, 4) is 0 Å². The van der Waals surface area contributed by atoms with E-state index in [0.29, 0.717) is 23.5 Å². The van der Waals surface area contributed by atoms with Crippen LogP contribution in [-0.2, 0) is 0 Å². The van der Waals surface area contributed by atoms with Crippen LogP contribution >= 0.6 is 0 Å². The van der Waals surface area contributed by atoms with Gasteiger partial charge in [-0.05, 0) is 33.3 Å². The third-order valence-corrected chi connectivity index (χ3v) is 3.06. The molecular formula is C12H19N3O3. The monoisotopic (exact) mass is 253 g/mol. The second-order valence-corrected chi connectivity index (χ2v) is 4.45. The minimum Gasteiger partial charge on any atom is -0.466 e. The van der Waals surface area contributed by atoms with Gasteiger partial charge in [0.1, 0.15) is 11.5 Å². The van der Waals surface area contributed by atoms with Gasteiger partial charge < -0.3 is 20.7 Å². The standard InChI is InChI=1S/C12H19N3O3/c1-5-12(4,11(13)15-17)14-10(16)9-6-7(2)18-8(9)3/h6,17H,5H2,1-4H3,(H2,13,15)(H,14,16). The summed E-state index contributed by atoms with van der Waals surface area (Å²) in [6, 6.07) is 1.66. The number of rotatable bonds is 4. The molecule has 18 heavy (non-hydrogen) atoms. The summed E-state index contributed by atoms with van der Waals surface area (Å²) in [5.41, 5.74) is 5.16. The van der Waals surface area contributed by atoms with E-state index in [1.807, 2.05) is 6.92 Å². The first-order chi connectivity index (χ1) is 8.34. The molecular weight excluding hydrogens is 234 g/mol. The van der Waals surface area contributed by atoms with Gasteiger partial charge in [-0.25, -0.2) is 0 Å². The second-order valence-electron chi connectivity index (χ2n) is 4.45. The molecule has 1 heterocycles. The summed E-state index contributed by atoms with van der Waals surface area (Å²) >= 11 is 0. The van der Waals surface area contributed by atoms with Gasteiger partial charge in [0.05, 0.1) is 11.1 Å². The fraction of sp³-hybridized carbons (Fsp3) is 0.500. The van der Waals surface area contributed by atoms with E-state index in [1.165, 1.54) is 0 Å². The smallest absolute Gasteiger partial charge is 0.255 e. The first-order valence-corrected chi connectivity index (χ1v) is 5.71. The summed E-state index contributed by atoms with van der Waals surface area (Å²) < 4.78 is 5.30. The number of carbonyl (C=O) groups is 1. The number of amidine groups is 1. The van der Waals surface area contributed by atoms with Crippen LogP contribution in [0.1, 0.15) is 42.1 Å². The molecule has 1 rings (SSSR count). The molecule has 0 saturated heterocycles. The number of amides is 1. The van der Waals surface area contributed by atoms with E-state index >= 15 is 0 Å². The van der Waals surface area contributed by atoms with Crippen molar-refractivity contribution < 1.29 is 14.4 Å². The van der Waals surface area contributed by atoms with Crippen molar-refractivity contribution in [1.82, 2.24) is 5.32 Å². The van der Waals surface area contributed by atoms with E-state index in [9.17, 15) is 4.79 Å². The highest BCUT2D eigenvalue weighted by Crippen LogP contribution is 2.16. The third-order valence-electron chi connectivity index (χ3n) is 3.06. The zero-order valence-corrected chi connectivity index (χ0v) is 11.1. The lowest BCUT2D eigenvalue weighted by Crippen LogP contribution is -2.55. The van der Waals surface area contributed by atoms with Gasteiger partial charge in [-0.15, -0.1) is 0 Å². The maximum absolute atomic E-state index is 12.1. The number of nitrogens with two attached hydrogens (primary N) is 1. The number of nitrogens with zero attached hydrogens (tertiary/aromatic N) is 1. The second kappa shape index (κ2) is 5.12. The van der Waals surface area contributed by atoms with Gasteiger partial charge in [-0.3, -0.25) is 4.79 Å². The van der Waals surface area contributed by atoms with Crippen LogP contribution in [0.25, 0.3) is 0 Å². The van der Waals surface area contributed by atoms with Gasteiger partial charge in [0.25, 0.3) is 5.91 Å². The normalized spacial score (nSPS) is 15.2. The molecule has 0 aliphatic rings. The Balaban J connectivity index is 2.97. The molecule has 0 bridgehead atoms. The Kier molecular flexibility index (Phi) is 4.00. The van der Waals surface area contributed by atoms with Gasteiger partial charge in [-0.1, -0.05) is 12.1 Å². The van der Waals surface area contributed by atoms with Gasteiger partial charge in [0.15, 0.2) is 5.84 Å². The SMILES string of the molecule is CCC(C)(NC(=O)c1cc(C)oc1C)/C(N)=N/O. The molecule has 100 valence electrons. The predicted octanol–water partition coefficient (Wildman–Crippen LogP) is 1.54. The summed E-state index contributed by atoms with van der Waals surface area (Å²) in [5, 5.41) is 14.4. The number of hydrogen-bond acceptors (Lipinski definition) is 4. The molecule has 0 radical (unpaired) electrons. The van der Waals surface area contributed by atoms with Crippen LogP contribution in [0.5, 0.6) is 0 Å². The summed E-state index contributed by atoms with van der Waals surface area (Å²) in [6.45, 7) is 7.02. The predicted molar refractivity (Wildman–Crippen MR) is 67.8 cm³/mol. The van der Waals surface area contributed by atoms with E-state index in [0.717, 1.165) is 0 Å². The first-order valence-electron chi connectivity index (χ1n) is 5.71. The summed E-state index contributed by atoms with van der Waals surface area (Å²) in [7, 11) is 0. The lowest BCUT2D eigenvalue weighted by atomic mass is 9.97. The van der Waals surface area contributed by atoms with Crippen LogP contribution in [0.3, 0.4) is 0 Å². The van der Waals surface area contributed by atoms with Crippen molar-refractivity contribution in [3.05, 3.63) is 23.2 Å². The number of hydrogen-bond donors (Lipinski definition) is 3. The molecule has 1 aromatic rings. The van der Waals surface area contributed by atoms with E-state index in [1.54, 1.807) is 26.8 Å². The minimum atomic E-state index is -0.885. The first kappa shape index (κ1) is 14.1. The van der Waals surface area contributed by atoms with Crippen molar-refractivity contribution >= 4 is 11.7 Å². The fourth-order valence-electron chi connectivity index (χ4n) is 1.62. The van der Waals surface area contributed by atoms with E-state index in [2.05, 4.69) is 10.5 Å². The maximum Gasteiger partial charge on any atom is 0.255 e. The van der Waals surface area contributed by atoms with Crippen molar-refractivity contribution in [3.63, 3.8) is 0 Å². The third kappa shape index (κ3) is 2.64. The Morgan fingerprint density at radius 1 is 1.61 bits per heavy atom. The van der Waals surface area contributed by atoms with Crippen LogP contribution in [-0.4, -0.2) is 22.5 Å². The number of oxime groups is 1. The quantitative estimate of drug-likeness (QED) is 0.328. The Morgan fingerprint density at radius 3 is 2.61 bits per heavy atom. The highest BCUT2D eigenvalue weighted by molar-refractivity contribution is 6.00. The Bertz CT molecular complexity index is 479. The van der Waals surface area contributed by atoms with Gasteiger partial charge in [0.2, 0.25) is 0 Å². The fourth-order valence-corrected chi connectivity index (χ4v) is 1.62. The van der Waals surface area contributed by atoms with Crippen molar-refractivity contribution in [2.45, 2.75) is 39.7 Å². The summed E-state index contributed by atoms with van der Waals surface area (Å²) in [6.07, 6.45) is 0.504. The lowest BCUT2D eigenvalue weighted by Gasteiger charge is -2.27. The Hall–Kier alpha value is -1.98. The Labute approximate surface area is 106 Å². The zero-order valence-electron chi connectivity index (χ0n) is 11.1. The molecule has 0 aliphatic heterocycles. The van der Waals surface area contributed by atoms with Crippen molar-refractivity contribution in [2.75, 3.05) is 0 Å². The summed E-state index contributed by atoms with van der Waals surface area (Å²) in [5.74, 6) is 0.874. The molecule has 1 unspecified atom stereocenters. The van der Waals surface area contributed by atoms with Crippen molar-refractivity contribution in [2.24, 2.45) is 10.9 Å². The Morgan fingerprint density at radius 2 is 2.22 bits per heavy atom. The molecule has 1 aromatic heterocycles. The zero-order chi connectivity index (χ0) is 13.9. The van der Waals surface area contributed by atoms with E-state index in [4.69, 9.17) is 15.4 Å². The topological polar surface area (TPSA) is 101 Å². The average molecular weight is 253 g/mol. The van der Waals surface area contributed by atoms with Crippen LogP contribution in [0.15, 0.2) is 15.6 Å². The largest absolute Gasteiger partial charge is 0.466 e. The molecule has 0 spiro atoms. The number of nitrogens with one attached hydrogen (secondary N) is 1. The molecule has 0 aliphatic carbocycles. The molecule has 1 atom stereocenters. The van der Waals surface area contributed by atoms with Gasteiger partial charge in [0, 0.05) is 0 Å². The van der Waals surface area contributed by atoms with Crippen LogP contribution in [0.2, 0.25) is 0 Å². The van der Waals surface area contributed by atoms with Crippen LogP contribution in [0, 0.1) is 13.8 Å². The lowest BCUT2D eigenvalue weighted by molar-refractivity contribution is 0.0923. The molecule has 6 heteroatoms. The number of carbonyl (C=O) groups excluding carboxylic acids is 1. The van der Waals surface area contributed by atoms with Crippen LogP contribution in [0.4, 0.5) is 0 Å². The highest BCUT2D eigenvalue weighted by Gasteiger charge is 2.30. The van der Waals surface area contributed by atoms with E-state index < -0.39 is 5.54 Å². The van der Waals surface area contributed by atoms with Crippen molar-refractivity contribution in [1.29, 1.82) is 0 Å². The molecule has 0 saturated carbocycles. The highest BCUT2D eigenvalue weighted by atomic mass is 16.4. The minimum absolute atomic E-state index is 0.0313. The molecule has 1 amide bonds. The van der Waals surface area contributed by atoms with Gasteiger partial charge in [-0.2, -0.15) is 0 Å². The number of aryl methyl sites for hydroxylation is 2. The summed E-state index contributed by atoms with van der Waals surface area (Å²) in [4.78, 5) is 12.1.